The molecule has 2 N–H and O–H groups in total. The molecule has 1 aromatic carbocycles. The third-order valence-electron chi connectivity index (χ3n) is 2.24. The summed E-state index contributed by atoms with van der Waals surface area (Å²) in [7, 11) is 0. The largest absolute Gasteiger partial charge is 0.488 e. The number of aryl methyl sites for hydroxylation is 1. The van der Waals surface area contributed by atoms with Crippen LogP contribution >= 0.6 is 0 Å². The molecule has 0 heterocycles. The Kier molecular flexibility index (Phi) is 4.36. The normalized spacial score (nSPS) is 13.6. The van der Waals surface area contributed by atoms with Gasteiger partial charge in [-0.3, -0.25) is 0 Å². The van der Waals surface area contributed by atoms with Crippen molar-refractivity contribution in [1.29, 1.82) is 0 Å². The fraction of sp³-hybridized carbons (Fsp3) is 0.571. The maximum Gasteiger partial charge on any atom is 0.120 e. The Morgan fingerprint density at radius 2 is 1.75 bits per heavy atom. The van der Waals surface area contributed by atoms with Crippen LogP contribution in [0.25, 0.3) is 0 Å². The number of rotatable bonds is 4. The van der Waals surface area contributed by atoms with E-state index in [1.54, 1.807) is 0 Å². The molecule has 2 nitrogen and oxygen atoms in total. The van der Waals surface area contributed by atoms with E-state index in [4.69, 9.17) is 10.5 Å². The third-order valence-corrected chi connectivity index (χ3v) is 2.24. The van der Waals surface area contributed by atoms with Crippen LogP contribution in [0.15, 0.2) is 24.3 Å². The van der Waals surface area contributed by atoms with Gasteiger partial charge in [-0.05, 0) is 58.2 Å². The second kappa shape index (κ2) is 5.35. The molecule has 1 rings (SSSR count). The van der Waals surface area contributed by atoms with E-state index in [1.807, 2.05) is 19.1 Å². The molecule has 0 saturated heterocycles. The first-order valence-corrected chi connectivity index (χ1v) is 5.90. The van der Waals surface area contributed by atoms with Gasteiger partial charge in [-0.2, -0.15) is 0 Å². The molecule has 0 aliphatic carbocycles. The summed E-state index contributed by atoms with van der Waals surface area (Å²) < 4.78 is 5.76. The van der Waals surface area contributed by atoms with Crippen LogP contribution in [0.3, 0.4) is 0 Å². The van der Waals surface area contributed by atoms with Crippen LogP contribution in [0.1, 0.15) is 39.7 Å². The van der Waals surface area contributed by atoms with E-state index in [-0.39, 0.29) is 11.6 Å². The molecule has 0 aromatic heterocycles. The lowest BCUT2D eigenvalue weighted by atomic mass is 10.1. The predicted octanol–water partition coefficient (Wildman–Crippen LogP) is 3.14. The summed E-state index contributed by atoms with van der Waals surface area (Å²) in [6.45, 7) is 8.20. The van der Waals surface area contributed by atoms with Gasteiger partial charge >= 0.3 is 0 Å². The van der Waals surface area contributed by atoms with Crippen molar-refractivity contribution in [2.24, 2.45) is 5.73 Å². The van der Waals surface area contributed by atoms with Gasteiger partial charge in [0.2, 0.25) is 0 Å². The zero-order valence-electron chi connectivity index (χ0n) is 10.8. The van der Waals surface area contributed by atoms with Crippen molar-refractivity contribution < 1.29 is 4.74 Å². The van der Waals surface area contributed by atoms with Gasteiger partial charge in [0.25, 0.3) is 0 Å². The minimum absolute atomic E-state index is 0.132. The van der Waals surface area contributed by atoms with Gasteiger partial charge in [-0.1, -0.05) is 12.1 Å². The second-order valence-corrected chi connectivity index (χ2v) is 5.37. The summed E-state index contributed by atoms with van der Waals surface area (Å²) in [6, 6.07) is 8.56. The lowest BCUT2D eigenvalue weighted by Gasteiger charge is -2.21. The van der Waals surface area contributed by atoms with Crippen molar-refractivity contribution in [1.82, 2.24) is 0 Å². The summed E-state index contributed by atoms with van der Waals surface area (Å²) in [4.78, 5) is 0. The number of hydrogen-bond acceptors (Lipinski definition) is 2. The van der Waals surface area contributed by atoms with E-state index in [1.165, 1.54) is 5.56 Å². The molecular weight excluding hydrogens is 198 g/mol. The Labute approximate surface area is 98.8 Å². The second-order valence-electron chi connectivity index (χ2n) is 5.37. The Morgan fingerprint density at radius 1 is 1.19 bits per heavy atom. The first-order valence-electron chi connectivity index (χ1n) is 5.90. The van der Waals surface area contributed by atoms with Crippen molar-refractivity contribution in [3.8, 4) is 5.75 Å². The molecule has 1 aromatic rings. The van der Waals surface area contributed by atoms with Gasteiger partial charge < -0.3 is 10.5 Å². The number of ether oxygens (including phenoxy) is 1. The Morgan fingerprint density at radius 3 is 2.19 bits per heavy atom. The molecule has 0 radical (unpaired) electrons. The molecule has 0 amide bonds. The van der Waals surface area contributed by atoms with Crippen molar-refractivity contribution in [2.75, 3.05) is 0 Å². The standard InChI is InChI=1S/C14H23NO/c1-11(15)5-6-12-7-9-13(10-8-12)16-14(2,3)4/h7-11H,5-6,15H2,1-4H3. The highest BCUT2D eigenvalue weighted by atomic mass is 16.5. The molecule has 16 heavy (non-hydrogen) atoms. The van der Waals surface area contributed by atoms with Gasteiger partial charge in [0.1, 0.15) is 11.4 Å². The van der Waals surface area contributed by atoms with Crippen molar-refractivity contribution in [3.63, 3.8) is 0 Å². The summed E-state index contributed by atoms with van der Waals surface area (Å²) >= 11 is 0. The number of hydrogen-bond donors (Lipinski definition) is 1. The Bertz CT molecular complexity index is 309. The third kappa shape index (κ3) is 5.17. The molecule has 0 fully saturated rings. The van der Waals surface area contributed by atoms with E-state index in [0.29, 0.717) is 0 Å². The van der Waals surface area contributed by atoms with Gasteiger partial charge in [-0.15, -0.1) is 0 Å². The minimum atomic E-state index is -0.132. The monoisotopic (exact) mass is 221 g/mol. The fourth-order valence-corrected chi connectivity index (χ4v) is 1.47. The minimum Gasteiger partial charge on any atom is -0.488 e. The van der Waals surface area contributed by atoms with Crippen LogP contribution in [0.5, 0.6) is 5.75 Å². The fourth-order valence-electron chi connectivity index (χ4n) is 1.47. The smallest absolute Gasteiger partial charge is 0.120 e. The van der Waals surface area contributed by atoms with Crippen LogP contribution < -0.4 is 10.5 Å². The molecule has 1 unspecified atom stereocenters. The SMILES string of the molecule is CC(N)CCc1ccc(OC(C)(C)C)cc1. The molecule has 90 valence electrons. The van der Waals surface area contributed by atoms with Crippen LogP contribution in [-0.2, 0) is 6.42 Å². The van der Waals surface area contributed by atoms with Crippen molar-refractivity contribution >= 4 is 0 Å². The van der Waals surface area contributed by atoms with E-state index in [2.05, 4.69) is 32.9 Å². The maximum atomic E-state index is 5.76. The molecule has 1 atom stereocenters. The van der Waals surface area contributed by atoms with Crippen molar-refractivity contribution in [3.05, 3.63) is 29.8 Å². The van der Waals surface area contributed by atoms with Gasteiger partial charge in [0.15, 0.2) is 0 Å². The summed E-state index contributed by atoms with van der Waals surface area (Å²) in [5, 5.41) is 0. The molecular formula is C14H23NO. The van der Waals surface area contributed by atoms with Crippen LogP contribution in [0.2, 0.25) is 0 Å². The van der Waals surface area contributed by atoms with Gasteiger partial charge in [0, 0.05) is 6.04 Å². The van der Waals surface area contributed by atoms with E-state index < -0.39 is 0 Å². The number of benzene rings is 1. The first-order chi connectivity index (χ1) is 7.37. The molecule has 0 bridgehead atoms. The molecule has 0 aliphatic rings. The van der Waals surface area contributed by atoms with E-state index in [0.717, 1.165) is 18.6 Å². The van der Waals surface area contributed by atoms with Gasteiger partial charge in [0.05, 0.1) is 0 Å². The highest BCUT2D eigenvalue weighted by Crippen LogP contribution is 2.19. The Balaban J connectivity index is 2.54. The summed E-state index contributed by atoms with van der Waals surface area (Å²) in [6.07, 6.45) is 2.06. The summed E-state index contributed by atoms with van der Waals surface area (Å²) in [5.74, 6) is 0.928. The highest BCUT2D eigenvalue weighted by molar-refractivity contribution is 5.27. The molecule has 2 heteroatoms. The summed E-state index contributed by atoms with van der Waals surface area (Å²) in [5.41, 5.74) is 6.92. The van der Waals surface area contributed by atoms with Gasteiger partial charge in [-0.25, -0.2) is 0 Å². The molecule has 0 spiro atoms. The predicted molar refractivity (Wildman–Crippen MR) is 68.8 cm³/mol. The lowest BCUT2D eigenvalue weighted by molar-refractivity contribution is 0.131. The average Bonchev–Trinajstić information content (AvgIpc) is 2.14. The molecule has 0 aliphatic heterocycles. The van der Waals surface area contributed by atoms with Crippen LogP contribution in [0.4, 0.5) is 0 Å². The first kappa shape index (κ1) is 13.0. The average molecular weight is 221 g/mol. The highest BCUT2D eigenvalue weighted by Gasteiger charge is 2.11. The van der Waals surface area contributed by atoms with Crippen LogP contribution in [0, 0.1) is 0 Å². The topological polar surface area (TPSA) is 35.2 Å². The zero-order valence-corrected chi connectivity index (χ0v) is 10.8. The van der Waals surface area contributed by atoms with E-state index >= 15 is 0 Å². The maximum absolute atomic E-state index is 5.76. The lowest BCUT2D eigenvalue weighted by Crippen LogP contribution is -2.22. The Hall–Kier alpha value is -1.02. The zero-order chi connectivity index (χ0) is 12.2. The molecule has 0 saturated carbocycles. The number of nitrogens with two attached hydrogens (primary N) is 1. The van der Waals surface area contributed by atoms with Crippen molar-refractivity contribution in [2.45, 2.75) is 52.2 Å². The quantitative estimate of drug-likeness (QED) is 0.847. The van der Waals surface area contributed by atoms with Crippen LogP contribution in [-0.4, -0.2) is 11.6 Å². The van der Waals surface area contributed by atoms with E-state index in [9.17, 15) is 0 Å².